The van der Waals surface area contributed by atoms with Crippen LogP contribution in [0.15, 0.2) is 60.0 Å². The fourth-order valence-corrected chi connectivity index (χ4v) is 2.80. The SMILES string of the molecule is Cc1csc(NC(=O)c2ccc(CNc3ccccc3)cc2)n1. The molecule has 0 unspecified atom stereocenters. The van der Waals surface area contributed by atoms with E-state index in [0.717, 1.165) is 23.5 Å². The molecule has 0 saturated heterocycles. The monoisotopic (exact) mass is 323 g/mol. The lowest BCUT2D eigenvalue weighted by Gasteiger charge is -2.07. The van der Waals surface area contributed by atoms with Crippen molar-refractivity contribution in [3.63, 3.8) is 0 Å². The standard InChI is InChI=1S/C18H17N3OS/c1-13-12-23-18(20-13)21-17(22)15-9-7-14(8-10-15)11-19-16-5-3-2-4-6-16/h2-10,12,19H,11H2,1H3,(H,20,21,22). The van der Waals surface area contributed by atoms with Crippen LogP contribution in [-0.2, 0) is 6.54 Å². The van der Waals surface area contributed by atoms with Gasteiger partial charge in [0.05, 0.1) is 5.69 Å². The number of carbonyl (C=O) groups is 1. The minimum atomic E-state index is -0.137. The highest BCUT2D eigenvalue weighted by atomic mass is 32.1. The summed E-state index contributed by atoms with van der Waals surface area (Å²) < 4.78 is 0. The molecular formula is C18H17N3OS. The van der Waals surface area contributed by atoms with Crippen LogP contribution in [-0.4, -0.2) is 10.9 Å². The van der Waals surface area contributed by atoms with E-state index in [0.29, 0.717) is 10.7 Å². The van der Waals surface area contributed by atoms with Crippen LogP contribution in [0, 0.1) is 6.92 Å². The van der Waals surface area contributed by atoms with Crippen LogP contribution in [0.2, 0.25) is 0 Å². The Kier molecular flexibility index (Phi) is 4.68. The van der Waals surface area contributed by atoms with Crippen LogP contribution >= 0.6 is 11.3 Å². The number of benzene rings is 2. The Labute approximate surface area is 139 Å². The van der Waals surface area contributed by atoms with Gasteiger partial charge in [0.1, 0.15) is 0 Å². The molecule has 3 aromatic rings. The fourth-order valence-electron chi connectivity index (χ4n) is 2.11. The van der Waals surface area contributed by atoms with Gasteiger partial charge in [0.25, 0.3) is 5.91 Å². The van der Waals surface area contributed by atoms with Crippen LogP contribution in [0.4, 0.5) is 10.8 Å². The Balaban J connectivity index is 1.59. The average Bonchev–Trinajstić information content (AvgIpc) is 2.99. The Hall–Kier alpha value is -2.66. The van der Waals surface area contributed by atoms with E-state index in [2.05, 4.69) is 15.6 Å². The van der Waals surface area contributed by atoms with Crippen molar-refractivity contribution >= 4 is 28.1 Å². The number of thiazole rings is 1. The summed E-state index contributed by atoms with van der Waals surface area (Å²) >= 11 is 1.43. The van der Waals surface area contributed by atoms with E-state index >= 15 is 0 Å². The Morgan fingerprint density at radius 3 is 2.48 bits per heavy atom. The third kappa shape index (κ3) is 4.17. The molecule has 116 valence electrons. The molecule has 0 bridgehead atoms. The first kappa shape index (κ1) is 15.2. The van der Waals surface area contributed by atoms with Gasteiger partial charge in [-0.15, -0.1) is 11.3 Å². The van der Waals surface area contributed by atoms with Gasteiger partial charge in [-0.1, -0.05) is 30.3 Å². The molecule has 0 aliphatic heterocycles. The molecule has 1 amide bonds. The quantitative estimate of drug-likeness (QED) is 0.735. The van der Waals surface area contributed by atoms with Crippen LogP contribution in [0.5, 0.6) is 0 Å². The third-order valence-corrected chi connectivity index (χ3v) is 4.20. The van der Waals surface area contributed by atoms with Gasteiger partial charge in [-0.3, -0.25) is 10.1 Å². The summed E-state index contributed by atoms with van der Waals surface area (Å²) in [7, 11) is 0. The molecule has 1 aromatic heterocycles. The number of nitrogens with one attached hydrogen (secondary N) is 2. The van der Waals surface area contributed by atoms with Crippen LogP contribution in [0.3, 0.4) is 0 Å². The highest BCUT2D eigenvalue weighted by Crippen LogP contribution is 2.16. The molecule has 0 atom stereocenters. The number of hydrogen-bond acceptors (Lipinski definition) is 4. The Morgan fingerprint density at radius 1 is 1.09 bits per heavy atom. The van der Waals surface area contributed by atoms with Crippen LogP contribution in [0.1, 0.15) is 21.6 Å². The van der Waals surface area contributed by atoms with E-state index in [1.54, 1.807) is 0 Å². The van der Waals surface area contributed by atoms with Crippen LogP contribution in [0.25, 0.3) is 0 Å². The zero-order valence-electron chi connectivity index (χ0n) is 12.7. The lowest BCUT2D eigenvalue weighted by Crippen LogP contribution is -2.11. The topological polar surface area (TPSA) is 54.0 Å². The lowest BCUT2D eigenvalue weighted by atomic mass is 10.1. The average molecular weight is 323 g/mol. The Morgan fingerprint density at radius 2 is 1.83 bits per heavy atom. The molecule has 0 aliphatic carbocycles. The molecule has 3 rings (SSSR count). The van der Waals surface area contributed by atoms with Gasteiger partial charge in [0.15, 0.2) is 5.13 Å². The molecule has 0 aliphatic rings. The number of aromatic nitrogens is 1. The Bertz CT molecular complexity index is 782. The number of amides is 1. The first-order chi connectivity index (χ1) is 11.2. The number of hydrogen-bond donors (Lipinski definition) is 2. The predicted octanol–water partition coefficient (Wildman–Crippen LogP) is 4.32. The van der Waals surface area contributed by atoms with Crippen molar-refractivity contribution in [2.24, 2.45) is 0 Å². The summed E-state index contributed by atoms with van der Waals surface area (Å²) in [6.45, 7) is 2.62. The van der Waals surface area contributed by atoms with Gasteiger partial charge >= 0.3 is 0 Å². The van der Waals surface area contributed by atoms with Crippen molar-refractivity contribution < 1.29 is 4.79 Å². The second-order valence-electron chi connectivity index (χ2n) is 5.16. The summed E-state index contributed by atoms with van der Waals surface area (Å²) in [5, 5.41) is 8.69. The van der Waals surface area contributed by atoms with E-state index in [4.69, 9.17) is 0 Å². The second-order valence-corrected chi connectivity index (χ2v) is 6.02. The summed E-state index contributed by atoms with van der Waals surface area (Å²) in [5.74, 6) is -0.137. The maximum Gasteiger partial charge on any atom is 0.257 e. The molecule has 4 nitrogen and oxygen atoms in total. The minimum Gasteiger partial charge on any atom is -0.381 e. The smallest absolute Gasteiger partial charge is 0.257 e. The van der Waals surface area contributed by atoms with Crippen molar-refractivity contribution in [3.8, 4) is 0 Å². The van der Waals surface area contributed by atoms with Crippen LogP contribution < -0.4 is 10.6 Å². The molecule has 2 N–H and O–H groups in total. The van der Waals surface area contributed by atoms with E-state index < -0.39 is 0 Å². The molecule has 0 radical (unpaired) electrons. The predicted molar refractivity (Wildman–Crippen MR) is 95.0 cm³/mol. The van der Waals surface area contributed by atoms with Crippen molar-refractivity contribution in [3.05, 3.63) is 76.8 Å². The summed E-state index contributed by atoms with van der Waals surface area (Å²) in [6.07, 6.45) is 0. The largest absolute Gasteiger partial charge is 0.381 e. The van der Waals surface area contributed by atoms with Gasteiger partial charge in [0, 0.05) is 23.2 Å². The van der Waals surface area contributed by atoms with Crippen molar-refractivity contribution in [2.75, 3.05) is 10.6 Å². The molecular weight excluding hydrogens is 306 g/mol. The number of rotatable bonds is 5. The molecule has 1 heterocycles. The number of aryl methyl sites for hydroxylation is 1. The highest BCUT2D eigenvalue weighted by molar-refractivity contribution is 7.13. The van der Waals surface area contributed by atoms with Crippen molar-refractivity contribution in [2.45, 2.75) is 13.5 Å². The summed E-state index contributed by atoms with van der Waals surface area (Å²) in [4.78, 5) is 16.4. The zero-order valence-corrected chi connectivity index (χ0v) is 13.6. The van der Waals surface area contributed by atoms with Gasteiger partial charge in [0.2, 0.25) is 0 Å². The second kappa shape index (κ2) is 7.07. The van der Waals surface area contributed by atoms with Gasteiger partial charge in [-0.2, -0.15) is 0 Å². The highest BCUT2D eigenvalue weighted by Gasteiger charge is 2.08. The maximum absolute atomic E-state index is 12.2. The van der Waals surface area contributed by atoms with Gasteiger partial charge < -0.3 is 5.32 Å². The van der Waals surface area contributed by atoms with E-state index in [1.807, 2.05) is 66.9 Å². The third-order valence-electron chi connectivity index (χ3n) is 3.33. The summed E-state index contributed by atoms with van der Waals surface area (Å²) in [6, 6.07) is 17.6. The number of anilines is 2. The maximum atomic E-state index is 12.2. The van der Waals surface area contributed by atoms with E-state index in [1.165, 1.54) is 11.3 Å². The van der Waals surface area contributed by atoms with Crippen molar-refractivity contribution in [1.29, 1.82) is 0 Å². The zero-order chi connectivity index (χ0) is 16.1. The first-order valence-corrected chi connectivity index (χ1v) is 8.20. The van der Waals surface area contributed by atoms with Crippen molar-refractivity contribution in [1.82, 2.24) is 4.98 Å². The van der Waals surface area contributed by atoms with Gasteiger partial charge in [-0.05, 0) is 36.8 Å². The molecule has 5 heteroatoms. The molecule has 0 fully saturated rings. The normalized spacial score (nSPS) is 10.3. The van der Waals surface area contributed by atoms with E-state index in [9.17, 15) is 4.79 Å². The molecule has 23 heavy (non-hydrogen) atoms. The number of para-hydroxylation sites is 1. The summed E-state index contributed by atoms with van der Waals surface area (Å²) in [5.41, 5.74) is 3.73. The van der Waals surface area contributed by atoms with Gasteiger partial charge in [-0.25, -0.2) is 4.98 Å². The molecule has 0 saturated carbocycles. The fraction of sp³-hybridized carbons (Fsp3) is 0.111. The minimum absolute atomic E-state index is 0.137. The molecule has 0 spiro atoms. The lowest BCUT2D eigenvalue weighted by molar-refractivity contribution is 0.102. The number of carbonyl (C=O) groups excluding carboxylic acids is 1. The first-order valence-electron chi connectivity index (χ1n) is 7.32. The van der Waals surface area contributed by atoms with E-state index in [-0.39, 0.29) is 5.91 Å². The number of nitrogens with zero attached hydrogens (tertiary/aromatic N) is 1. The molecule has 2 aromatic carbocycles.